The van der Waals surface area contributed by atoms with Crippen molar-refractivity contribution < 1.29 is 20.4 Å². The predicted octanol–water partition coefficient (Wildman–Crippen LogP) is 0.695. The lowest BCUT2D eigenvalue weighted by molar-refractivity contribution is -0.471. The van der Waals surface area contributed by atoms with Gasteiger partial charge in [-0.05, 0) is 6.42 Å². The zero-order chi connectivity index (χ0) is 8.04. The van der Waals surface area contributed by atoms with Crippen LogP contribution in [-0.2, 0) is 4.89 Å². The minimum absolute atomic E-state index is 0.0390. The van der Waals surface area contributed by atoms with Gasteiger partial charge in [0.2, 0.25) is 0 Å². The topological polar surface area (TPSA) is 69.9 Å². The van der Waals surface area contributed by atoms with Crippen molar-refractivity contribution in [2.24, 2.45) is 0 Å². The van der Waals surface area contributed by atoms with Crippen LogP contribution in [0.25, 0.3) is 0 Å². The van der Waals surface area contributed by atoms with Crippen molar-refractivity contribution in [3.05, 3.63) is 0 Å². The molecule has 0 saturated heterocycles. The van der Waals surface area contributed by atoms with Gasteiger partial charge in [0.05, 0.1) is 0 Å². The van der Waals surface area contributed by atoms with E-state index >= 15 is 0 Å². The molecule has 0 radical (unpaired) electrons. The molecule has 0 aromatic carbocycles. The number of unbranched alkanes of at least 4 members (excludes halogenated alkanes) is 2. The maximum Gasteiger partial charge on any atom is 0.306 e. The quantitative estimate of drug-likeness (QED) is 0.233. The fraction of sp³-hybridized carbons (Fsp3) is 1.00. The van der Waals surface area contributed by atoms with Crippen LogP contribution >= 0.6 is 0 Å². The summed E-state index contributed by atoms with van der Waals surface area (Å²) in [5, 5.41) is 25.2. The van der Waals surface area contributed by atoms with E-state index in [2.05, 4.69) is 4.89 Å². The molecule has 3 N–H and O–H groups in total. The maximum absolute atomic E-state index is 8.63. The van der Waals surface area contributed by atoms with Crippen molar-refractivity contribution in [1.29, 1.82) is 0 Å². The van der Waals surface area contributed by atoms with Crippen LogP contribution in [0.15, 0.2) is 0 Å². The molecule has 62 valence electrons. The van der Waals surface area contributed by atoms with Gasteiger partial charge in [-0.15, -0.1) is 0 Å². The molecule has 4 heteroatoms. The molecule has 0 aliphatic heterocycles. The van der Waals surface area contributed by atoms with Gasteiger partial charge in [0, 0.05) is 6.42 Å². The number of aliphatic hydroxyl groups is 2. The third kappa shape index (κ3) is 4.69. The van der Waals surface area contributed by atoms with E-state index in [0.717, 1.165) is 12.8 Å². The molecule has 0 unspecified atom stereocenters. The van der Waals surface area contributed by atoms with Crippen molar-refractivity contribution in [3.8, 4) is 0 Å². The lowest BCUT2D eigenvalue weighted by atomic mass is 10.2. The van der Waals surface area contributed by atoms with Gasteiger partial charge in [-0.2, -0.15) is 4.89 Å². The Morgan fingerprint density at radius 1 is 1.30 bits per heavy atom. The van der Waals surface area contributed by atoms with Crippen LogP contribution in [0.5, 0.6) is 0 Å². The van der Waals surface area contributed by atoms with Gasteiger partial charge in [0.25, 0.3) is 0 Å². The molecular formula is C6H14O4. The van der Waals surface area contributed by atoms with E-state index in [-0.39, 0.29) is 6.42 Å². The Morgan fingerprint density at radius 2 is 1.90 bits per heavy atom. The molecule has 0 bridgehead atoms. The summed E-state index contributed by atoms with van der Waals surface area (Å²) in [6, 6.07) is 0. The Balaban J connectivity index is 3.28. The molecule has 10 heavy (non-hydrogen) atoms. The Bertz CT molecular complexity index is 81.8. The van der Waals surface area contributed by atoms with E-state index in [4.69, 9.17) is 15.5 Å². The average molecular weight is 150 g/mol. The van der Waals surface area contributed by atoms with E-state index in [1.807, 2.05) is 6.92 Å². The van der Waals surface area contributed by atoms with Crippen molar-refractivity contribution in [2.45, 2.75) is 38.6 Å². The van der Waals surface area contributed by atoms with Crippen LogP contribution in [0, 0.1) is 0 Å². The fourth-order valence-electron chi connectivity index (χ4n) is 0.651. The first-order chi connectivity index (χ1) is 4.62. The Labute approximate surface area is 60.0 Å². The van der Waals surface area contributed by atoms with Gasteiger partial charge in [0.15, 0.2) is 0 Å². The first-order valence-electron chi connectivity index (χ1n) is 3.39. The average Bonchev–Trinajstić information content (AvgIpc) is 1.89. The molecule has 0 aromatic heterocycles. The molecule has 0 rings (SSSR count). The highest BCUT2D eigenvalue weighted by atomic mass is 17.2. The summed E-state index contributed by atoms with van der Waals surface area (Å²) in [5.41, 5.74) is 0. The van der Waals surface area contributed by atoms with E-state index in [9.17, 15) is 0 Å². The molecule has 0 aliphatic rings. The van der Waals surface area contributed by atoms with Crippen molar-refractivity contribution in [3.63, 3.8) is 0 Å². The van der Waals surface area contributed by atoms with Crippen LogP contribution in [0.3, 0.4) is 0 Å². The number of hydrogen-bond acceptors (Lipinski definition) is 4. The van der Waals surface area contributed by atoms with Gasteiger partial charge in [-0.1, -0.05) is 19.8 Å². The predicted molar refractivity (Wildman–Crippen MR) is 35.0 cm³/mol. The summed E-state index contributed by atoms with van der Waals surface area (Å²) in [6.45, 7) is 2.00. The summed E-state index contributed by atoms with van der Waals surface area (Å²) >= 11 is 0. The lowest BCUT2D eigenvalue weighted by Gasteiger charge is -2.15. The largest absolute Gasteiger partial charge is 0.342 e. The third-order valence-electron chi connectivity index (χ3n) is 1.25. The first kappa shape index (κ1) is 9.84. The molecule has 0 spiro atoms. The molecule has 0 heterocycles. The molecular weight excluding hydrogens is 136 g/mol. The summed E-state index contributed by atoms with van der Waals surface area (Å²) in [4.78, 5) is 3.40. The van der Waals surface area contributed by atoms with Crippen LogP contribution < -0.4 is 0 Å². The van der Waals surface area contributed by atoms with Gasteiger partial charge >= 0.3 is 5.97 Å². The summed E-state index contributed by atoms with van der Waals surface area (Å²) < 4.78 is 0. The van der Waals surface area contributed by atoms with Crippen molar-refractivity contribution >= 4 is 0 Å². The van der Waals surface area contributed by atoms with Gasteiger partial charge in [-0.25, -0.2) is 5.26 Å². The van der Waals surface area contributed by atoms with E-state index in [1.54, 1.807) is 0 Å². The van der Waals surface area contributed by atoms with Crippen LogP contribution in [0.1, 0.15) is 32.6 Å². The Kier molecular flexibility index (Phi) is 4.55. The first-order valence-corrected chi connectivity index (χ1v) is 3.39. The zero-order valence-corrected chi connectivity index (χ0v) is 6.08. The summed E-state index contributed by atoms with van der Waals surface area (Å²) in [7, 11) is 0. The summed E-state index contributed by atoms with van der Waals surface area (Å²) in [6.07, 6.45) is 2.55. The SMILES string of the molecule is CCCCCC(O)(O)OO. The number of rotatable bonds is 5. The highest BCUT2D eigenvalue weighted by Crippen LogP contribution is 2.11. The van der Waals surface area contributed by atoms with Crippen molar-refractivity contribution in [2.75, 3.05) is 0 Å². The maximum atomic E-state index is 8.63. The van der Waals surface area contributed by atoms with Gasteiger partial charge < -0.3 is 10.2 Å². The minimum Gasteiger partial charge on any atom is -0.342 e. The fourth-order valence-corrected chi connectivity index (χ4v) is 0.651. The van der Waals surface area contributed by atoms with Crippen LogP contribution in [-0.4, -0.2) is 21.4 Å². The minimum atomic E-state index is -2.35. The van der Waals surface area contributed by atoms with Crippen LogP contribution in [0.4, 0.5) is 0 Å². The van der Waals surface area contributed by atoms with Gasteiger partial charge in [-0.3, -0.25) is 0 Å². The van der Waals surface area contributed by atoms with Crippen LogP contribution in [0.2, 0.25) is 0 Å². The second kappa shape index (κ2) is 4.62. The second-order valence-electron chi connectivity index (χ2n) is 2.29. The number of hydrogen-bond donors (Lipinski definition) is 3. The molecule has 0 aromatic rings. The second-order valence-corrected chi connectivity index (χ2v) is 2.29. The lowest BCUT2D eigenvalue weighted by Crippen LogP contribution is -2.30. The standard InChI is InChI=1S/C6H14O4/c1-2-3-4-5-6(7,8)10-9/h7-9H,2-5H2,1H3. The smallest absolute Gasteiger partial charge is 0.306 e. The highest BCUT2D eigenvalue weighted by molar-refractivity contribution is 4.48. The van der Waals surface area contributed by atoms with E-state index in [0.29, 0.717) is 6.42 Å². The Morgan fingerprint density at radius 3 is 2.30 bits per heavy atom. The molecule has 4 nitrogen and oxygen atoms in total. The third-order valence-corrected chi connectivity index (χ3v) is 1.25. The monoisotopic (exact) mass is 150 g/mol. The molecule has 0 amide bonds. The summed E-state index contributed by atoms with van der Waals surface area (Å²) in [5.74, 6) is -2.35. The zero-order valence-electron chi connectivity index (χ0n) is 6.08. The van der Waals surface area contributed by atoms with E-state index in [1.165, 1.54) is 0 Å². The molecule has 0 saturated carbocycles. The molecule has 0 aliphatic carbocycles. The van der Waals surface area contributed by atoms with Crippen molar-refractivity contribution in [1.82, 2.24) is 0 Å². The van der Waals surface area contributed by atoms with Gasteiger partial charge in [0.1, 0.15) is 0 Å². The molecule has 0 atom stereocenters. The highest BCUT2D eigenvalue weighted by Gasteiger charge is 2.22. The van der Waals surface area contributed by atoms with E-state index < -0.39 is 5.97 Å². The molecule has 0 fully saturated rings. The Hall–Kier alpha value is -0.160. The normalized spacial score (nSPS) is 12.0.